The van der Waals surface area contributed by atoms with Gasteiger partial charge in [0.1, 0.15) is 0 Å². The van der Waals surface area contributed by atoms with E-state index in [9.17, 15) is 0 Å². The van der Waals surface area contributed by atoms with Crippen molar-refractivity contribution in [1.82, 2.24) is 9.55 Å². The molecule has 0 radical (unpaired) electrons. The average molecular weight is 286 g/mol. The number of aryl methyl sites for hydroxylation is 1. The van der Waals surface area contributed by atoms with E-state index in [2.05, 4.69) is 25.5 Å². The van der Waals surface area contributed by atoms with Gasteiger partial charge < -0.3 is 4.57 Å². The summed E-state index contributed by atoms with van der Waals surface area (Å²) in [7, 11) is 0. The lowest BCUT2D eigenvalue weighted by molar-refractivity contribution is 0.749. The first-order chi connectivity index (χ1) is 7.16. The van der Waals surface area contributed by atoms with Crippen molar-refractivity contribution in [3.05, 3.63) is 51.5 Å². The standard InChI is InChI=1S/C11H10BrClN2/c1-8-6-14-11(12)15(8)7-9-2-4-10(13)5-3-9/h2-6H,7H2,1H3. The molecule has 78 valence electrons. The molecular formula is C11H10BrClN2. The molecule has 15 heavy (non-hydrogen) atoms. The Morgan fingerprint density at radius 2 is 2.00 bits per heavy atom. The Labute approximate surface area is 102 Å². The van der Waals surface area contributed by atoms with E-state index >= 15 is 0 Å². The fourth-order valence-corrected chi connectivity index (χ4v) is 2.03. The van der Waals surface area contributed by atoms with Gasteiger partial charge in [-0.2, -0.15) is 0 Å². The molecule has 0 aliphatic heterocycles. The lowest BCUT2D eigenvalue weighted by Gasteiger charge is -2.06. The van der Waals surface area contributed by atoms with Crippen molar-refractivity contribution >= 4 is 27.5 Å². The molecule has 2 rings (SSSR count). The molecule has 2 nitrogen and oxygen atoms in total. The highest BCUT2D eigenvalue weighted by atomic mass is 79.9. The van der Waals surface area contributed by atoms with Crippen LogP contribution in [0.25, 0.3) is 0 Å². The summed E-state index contributed by atoms with van der Waals surface area (Å²) in [5, 5.41) is 0.764. The zero-order valence-electron chi connectivity index (χ0n) is 8.24. The van der Waals surface area contributed by atoms with Gasteiger partial charge in [-0.15, -0.1) is 0 Å². The van der Waals surface area contributed by atoms with Gasteiger partial charge in [-0.1, -0.05) is 23.7 Å². The SMILES string of the molecule is Cc1cnc(Br)n1Cc1ccc(Cl)cc1. The second-order valence-corrected chi connectivity index (χ2v) is 4.53. The summed E-state index contributed by atoms with van der Waals surface area (Å²) in [6.07, 6.45) is 1.85. The van der Waals surface area contributed by atoms with Crippen LogP contribution in [-0.2, 0) is 6.54 Å². The number of hydrogen-bond acceptors (Lipinski definition) is 1. The van der Waals surface area contributed by atoms with Crippen molar-refractivity contribution in [2.75, 3.05) is 0 Å². The van der Waals surface area contributed by atoms with Crippen LogP contribution >= 0.6 is 27.5 Å². The lowest BCUT2D eigenvalue weighted by Crippen LogP contribution is -2.01. The lowest BCUT2D eigenvalue weighted by atomic mass is 10.2. The van der Waals surface area contributed by atoms with Crippen LogP contribution in [0.1, 0.15) is 11.3 Å². The Balaban J connectivity index is 2.25. The van der Waals surface area contributed by atoms with E-state index in [1.165, 1.54) is 5.56 Å². The molecule has 0 saturated heterocycles. The predicted octanol–water partition coefficient (Wildman–Crippen LogP) is 3.66. The molecule has 4 heteroatoms. The molecule has 0 atom stereocenters. The van der Waals surface area contributed by atoms with Gasteiger partial charge in [0.05, 0.1) is 0 Å². The number of nitrogens with zero attached hydrogens (tertiary/aromatic N) is 2. The zero-order chi connectivity index (χ0) is 10.8. The molecule has 0 aliphatic carbocycles. The summed E-state index contributed by atoms with van der Waals surface area (Å²) >= 11 is 9.24. The third-order valence-electron chi connectivity index (χ3n) is 2.26. The monoisotopic (exact) mass is 284 g/mol. The van der Waals surface area contributed by atoms with Crippen LogP contribution in [0.5, 0.6) is 0 Å². The maximum absolute atomic E-state index is 5.83. The van der Waals surface area contributed by atoms with Gasteiger partial charge in [0, 0.05) is 23.5 Å². The molecule has 0 amide bonds. The molecular weight excluding hydrogens is 275 g/mol. The molecule has 2 aromatic rings. The van der Waals surface area contributed by atoms with E-state index in [0.29, 0.717) is 0 Å². The fraction of sp³-hybridized carbons (Fsp3) is 0.182. The molecule has 1 heterocycles. The summed E-state index contributed by atoms with van der Waals surface area (Å²) in [5.74, 6) is 0. The normalized spacial score (nSPS) is 10.6. The summed E-state index contributed by atoms with van der Waals surface area (Å²) in [5.41, 5.74) is 2.35. The number of halogens is 2. The number of hydrogen-bond donors (Lipinski definition) is 0. The third-order valence-corrected chi connectivity index (χ3v) is 3.15. The van der Waals surface area contributed by atoms with Gasteiger partial charge in [0.2, 0.25) is 0 Å². The van der Waals surface area contributed by atoms with Gasteiger partial charge in [-0.3, -0.25) is 0 Å². The largest absolute Gasteiger partial charge is 0.319 e. The molecule has 1 aromatic heterocycles. The Morgan fingerprint density at radius 1 is 1.33 bits per heavy atom. The van der Waals surface area contributed by atoms with Crippen molar-refractivity contribution < 1.29 is 0 Å². The summed E-state index contributed by atoms with van der Waals surface area (Å²) in [4.78, 5) is 4.18. The minimum absolute atomic E-state index is 0.764. The van der Waals surface area contributed by atoms with Crippen molar-refractivity contribution in [3.8, 4) is 0 Å². The first-order valence-electron chi connectivity index (χ1n) is 4.59. The van der Waals surface area contributed by atoms with Crippen molar-refractivity contribution in [2.24, 2.45) is 0 Å². The molecule has 0 aliphatic rings. The van der Waals surface area contributed by atoms with Gasteiger partial charge in [-0.25, -0.2) is 4.98 Å². The highest BCUT2D eigenvalue weighted by Gasteiger charge is 2.04. The van der Waals surface area contributed by atoms with E-state index in [1.54, 1.807) is 0 Å². The minimum atomic E-state index is 0.764. The van der Waals surface area contributed by atoms with Crippen molar-refractivity contribution in [1.29, 1.82) is 0 Å². The maximum atomic E-state index is 5.83. The molecule has 0 fully saturated rings. The number of rotatable bonds is 2. The Bertz CT molecular complexity index is 442. The maximum Gasteiger partial charge on any atom is 0.177 e. The van der Waals surface area contributed by atoms with Crippen LogP contribution in [0.3, 0.4) is 0 Å². The average Bonchev–Trinajstić information content (AvgIpc) is 2.53. The number of imidazole rings is 1. The van der Waals surface area contributed by atoms with Crippen LogP contribution in [-0.4, -0.2) is 9.55 Å². The Hall–Kier alpha value is -0.800. The third kappa shape index (κ3) is 2.41. The van der Waals surface area contributed by atoms with Gasteiger partial charge in [-0.05, 0) is 40.5 Å². The van der Waals surface area contributed by atoms with Crippen LogP contribution in [0.4, 0.5) is 0 Å². The van der Waals surface area contributed by atoms with Crippen LogP contribution in [0.2, 0.25) is 5.02 Å². The van der Waals surface area contributed by atoms with Gasteiger partial charge >= 0.3 is 0 Å². The molecule has 0 spiro atoms. The molecule has 1 aromatic carbocycles. The van der Waals surface area contributed by atoms with E-state index in [0.717, 1.165) is 22.0 Å². The Kier molecular flexibility index (Phi) is 3.12. The highest BCUT2D eigenvalue weighted by Crippen LogP contribution is 2.15. The van der Waals surface area contributed by atoms with Crippen molar-refractivity contribution in [3.63, 3.8) is 0 Å². The highest BCUT2D eigenvalue weighted by molar-refractivity contribution is 9.10. The second-order valence-electron chi connectivity index (χ2n) is 3.38. The van der Waals surface area contributed by atoms with Crippen molar-refractivity contribution in [2.45, 2.75) is 13.5 Å². The number of benzene rings is 1. The van der Waals surface area contributed by atoms with E-state index < -0.39 is 0 Å². The second kappa shape index (κ2) is 4.37. The quantitative estimate of drug-likeness (QED) is 0.823. The first kappa shape index (κ1) is 10.7. The predicted molar refractivity (Wildman–Crippen MR) is 65.2 cm³/mol. The molecule has 0 saturated carbocycles. The summed E-state index contributed by atoms with van der Waals surface area (Å²) < 4.78 is 2.96. The topological polar surface area (TPSA) is 17.8 Å². The van der Waals surface area contributed by atoms with Crippen LogP contribution < -0.4 is 0 Å². The molecule has 0 bridgehead atoms. The minimum Gasteiger partial charge on any atom is -0.319 e. The molecule has 0 unspecified atom stereocenters. The van der Waals surface area contributed by atoms with Gasteiger partial charge in [0.15, 0.2) is 4.73 Å². The fourth-order valence-electron chi connectivity index (χ4n) is 1.39. The zero-order valence-corrected chi connectivity index (χ0v) is 10.6. The van der Waals surface area contributed by atoms with Gasteiger partial charge in [0.25, 0.3) is 0 Å². The first-order valence-corrected chi connectivity index (χ1v) is 5.76. The van der Waals surface area contributed by atoms with E-state index in [1.807, 2.05) is 37.4 Å². The van der Waals surface area contributed by atoms with Crippen LogP contribution in [0.15, 0.2) is 35.2 Å². The Morgan fingerprint density at radius 3 is 2.53 bits per heavy atom. The molecule has 0 N–H and O–H groups in total. The van der Waals surface area contributed by atoms with Crippen LogP contribution in [0, 0.1) is 6.92 Å². The number of aromatic nitrogens is 2. The summed E-state index contributed by atoms with van der Waals surface area (Å²) in [6.45, 7) is 2.84. The van der Waals surface area contributed by atoms with E-state index in [-0.39, 0.29) is 0 Å². The smallest absolute Gasteiger partial charge is 0.177 e. The van der Waals surface area contributed by atoms with E-state index in [4.69, 9.17) is 11.6 Å². The summed E-state index contributed by atoms with van der Waals surface area (Å²) in [6, 6.07) is 7.84.